The Kier molecular flexibility index (Phi) is 11.9. The molecule has 1 aliphatic heterocycles. The Morgan fingerprint density at radius 3 is 1.79 bits per heavy atom. The molecule has 1 saturated heterocycles. The molecule has 5 nitrogen and oxygen atoms in total. The lowest BCUT2D eigenvalue weighted by Crippen LogP contribution is -2.36. The summed E-state index contributed by atoms with van der Waals surface area (Å²) in [5, 5.41) is 0. The van der Waals surface area contributed by atoms with Gasteiger partial charge in [0.05, 0.1) is 12.6 Å². The van der Waals surface area contributed by atoms with E-state index in [4.69, 9.17) is 14.2 Å². The van der Waals surface area contributed by atoms with E-state index < -0.39 is 5.60 Å². The molecule has 2 aromatic rings. The number of amides is 1. The number of carbonyl (C=O) groups excluding carboxylic acids is 1. The van der Waals surface area contributed by atoms with Crippen LogP contribution in [0.1, 0.15) is 52.9 Å². The fourth-order valence-corrected chi connectivity index (χ4v) is 3.71. The Bertz CT molecular complexity index is 789. The second kappa shape index (κ2) is 14.3. The summed E-state index contributed by atoms with van der Waals surface area (Å²) in [7, 11) is 0. The molecule has 1 unspecified atom stereocenters. The first-order valence-electron chi connectivity index (χ1n) is 11.7. The molecule has 0 radical (unpaired) electrons. The van der Waals surface area contributed by atoms with Crippen molar-refractivity contribution in [3.05, 3.63) is 60.7 Å². The van der Waals surface area contributed by atoms with Gasteiger partial charge in [0.1, 0.15) is 23.2 Å². The molecule has 1 amide bonds. The summed E-state index contributed by atoms with van der Waals surface area (Å²) in [6.45, 7) is 6.90. The average molecular weight is 568 g/mol. The zero-order chi connectivity index (χ0) is 24.1. The molecular formula is C27H38INO4. The van der Waals surface area contributed by atoms with E-state index in [-0.39, 0.29) is 12.2 Å². The molecule has 0 aromatic heterocycles. The van der Waals surface area contributed by atoms with Crippen molar-refractivity contribution in [3.8, 4) is 11.5 Å². The molecule has 182 valence electrons. The monoisotopic (exact) mass is 567 g/mol. The summed E-state index contributed by atoms with van der Waals surface area (Å²) in [5.74, 6) is 1.86. The van der Waals surface area contributed by atoms with Crippen LogP contribution in [0.25, 0.3) is 0 Å². The van der Waals surface area contributed by atoms with Gasteiger partial charge in [-0.25, -0.2) is 4.79 Å². The minimum Gasteiger partial charge on any atom is -0.490 e. The van der Waals surface area contributed by atoms with E-state index in [9.17, 15) is 4.79 Å². The van der Waals surface area contributed by atoms with Crippen molar-refractivity contribution >= 4 is 28.7 Å². The van der Waals surface area contributed by atoms with Gasteiger partial charge in [0, 0.05) is 13.0 Å². The molecule has 33 heavy (non-hydrogen) atoms. The van der Waals surface area contributed by atoms with Gasteiger partial charge >= 0.3 is 6.09 Å². The third-order valence-corrected chi connectivity index (χ3v) is 5.19. The number of ether oxygens (including phenoxy) is 3. The number of nitrogens with zero attached hydrogens (tertiary/aromatic N) is 1. The first kappa shape index (κ1) is 27.3. The predicted molar refractivity (Wildman–Crippen MR) is 143 cm³/mol. The summed E-state index contributed by atoms with van der Waals surface area (Å²) >= 11 is 2.15. The summed E-state index contributed by atoms with van der Waals surface area (Å²) in [5.41, 5.74) is -0.449. The highest BCUT2D eigenvalue weighted by Gasteiger charge is 2.30. The Morgan fingerprint density at radius 1 is 0.818 bits per heavy atom. The summed E-state index contributed by atoms with van der Waals surface area (Å²) < 4.78 is 17.0. The van der Waals surface area contributed by atoms with Crippen LogP contribution >= 0.6 is 22.6 Å². The fourth-order valence-electron chi connectivity index (χ4n) is 3.71. The number of alkyl halides is 1. The topological polar surface area (TPSA) is 48.0 Å². The van der Waals surface area contributed by atoms with Gasteiger partial charge in [0.25, 0.3) is 0 Å². The molecule has 2 fully saturated rings. The normalized spacial score (nSPS) is 17.8. The van der Waals surface area contributed by atoms with E-state index in [0.717, 1.165) is 17.9 Å². The van der Waals surface area contributed by atoms with Gasteiger partial charge < -0.3 is 19.1 Å². The highest BCUT2D eigenvalue weighted by atomic mass is 127. The SMILES string of the molecule is CC(C)(C)OC(=O)N1CCC(Oc2ccccc2)C1.CI.c1ccc(OC2CCCC2)cc1. The lowest BCUT2D eigenvalue weighted by Gasteiger charge is -2.24. The number of carbonyl (C=O) groups is 1. The van der Waals surface area contributed by atoms with Crippen molar-refractivity contribution in [2.75, 3.05) is 18.0 Å². The maximum atomic E-state index is 11.9. The van der Waals surface area contributed by atoms with Crippen molar-refractivity contribution in [2.45, 2.75) is 70.7 Å². The maximum absolute atomic E-state index is 11.9. The Labute approximate surface area is 212 Å². The molecule has 1 saturated carbocycles. The Morgan fingerprint density at radius 2 is 1.30 bits per heavy atom. The number of rotatable bonds is 4. The number of hydrogen-bond donors (Lipinski definition) is 0. The molecule has 6 heteroatoms. The third-order valence-electron chi connectivity index (χ3n) is 5.19. The molecule has 4 rings (SSSR count). The van der Waals surface area contributed by atoms with E-state index in [1.807, 2.05) is 86.4 Å². The van der Waals surface area contributed by atoms with Gasteiger partial charge in [-0.3, -0.25) is 0 Å². The minimum absolute atomic E-state index is 0.0509. The zero-order valence-corrected chi connectivity index (χ0v) is 22.5. The maximum Gasteiger partial charge on any atom is 0.410 e. The highest BCUT2D eigenvalue weighted by molar-refractivity contribution is 14.1. The van der Waals surface area contributed by atoms with Crippen molar-refractivity contribution in [1.82, 2.24) is 4.90 Å². The largest absolute Gasteiger partial charge is 0.490 e. The van der Waals surface area contributed by atoms with Crippen molar-refractivity contribution in [2.24, 2.45) is 0 Å². The van der Waals surface area contributed by atoms with E-state index in [2.05, 4.69) is 22.6 Å². The summed E-state index contributed by atoms with van der Waals surface area (Å²) in [4.78, 5) is 15.6. The van der Waals surface area contributed by atoms with Crippen LogP contribution in [0.3, 0.4) is 0 Å². The highest BCUT2D eigenvalue weighted by Crippen LogP contribution is 2.23. The van der Waals surface area contributed by atoms with E-state index in [0.29, 0.717) is 19.2 Å². The first-order valence-corrected chi connectivity index (χ1v) is 13.8. The summed E-state index contributed by atoms with van der Waals surface area (Å²) in [6.07, 6.45) is 6.24. The van der Waals surface area contributed by atoms with Crippen LogP contribution in [0.4, 0.5) is 4.79 Å². The molecule has 0 spiro atoms. The van der Waals surface area contributed by atoms with E-state index in [1.54, 1.807) is 4.90 Å². The first-order chi connectivity index (χ1) is 15.9. The van der Waals surface area contributed by atoms with Gasteiger partial charge in [0.15, 0.2) is 0 Å². The average Bonchev–Trinajstić information content (AvgIpc) is 3.48. The van der Waals surface area contributed by atoms with Gasteiger partial charge in [-0.05, 0) is 75.7 Å². The third kappa shape index (κ3) is 10.7. The number of halogens is 1. The van der Waals surface area contributed by atoms with Crippen LogP contribution in [0.2, 0.25) is 0 Å². The molecule has 2 aromatic carbocycles. The van der Waals surface area contributed by atoms with Gasteiger partial charge in [-0.2, -0.15) is 0 Å². The summed E-state index contributed by atoms with van der Waals surface area (Å²) in [6, 6.07) is 19.8. The lowest BCUT2D eigenvalue weighted by molar-refractivity contribution is 0.0275. The smallest absolute Gasteiger partial charge is 0.410 e. The minimum atomic E-state index is -0.449. The number of hydrogen-bond acceptors (Lipinski definition) is 4. The van der Waals surface area contributed by atoms with Crippen LogP contribution in [0.15, 0.2) is 60.7 Å². The quantitative estimate of drug-likeness (QED) is 0.291. The lowest BCUT2D eigenvalue weighted by atomic mass is 10.2. The van der Waals surface area contributed by atoms with Gasteiger partial charge in [0.2, 0.25) is 0 Å². The predicted octanol–water partition coefficient (Wildman–Crippen LogP) is 7.13. The molecule has 0 N–H and O–H groups in total. The van der Waals surface area contributed by atoms with Gasteiger partial charge in [-0.15, -0.1) is 0 Å². The number of para-hydroxylation sites is 2. The zero-order valence-electron chi connectivity index (χ0n) is 20.3. The second-order valence-corrected chi connectivity index (χ2v) is 9.11. The van der Waals surface area contributed by atoms with Crippen molar-refractivity contribution in [1.29, 1.82) is 0 Å². The standard InChI is InChI=1S/C15H21NO3.C11H14O.CH3I/c1-15(2,3)19-14(17)16-10-9-13(11-16)18-12-7-5-4-6-8-12;1-2-6-10(7-3-1)12-11-8-4-5-9-11;1-2/h4-8,13H,9-11H2,1-3H3;1-3,6-7,11H,4-5,8-9H2;1H3. The van der Waals surface area contributed by atoms with Crippen LogP contribution in [0.5, 0.6) is 11.5 Å². The molecule has 0 bridgehead atoms. The van der Waals surface area contributed by atoms with Crippen LogP contribution in [-0.2, 0) is 4.74 Å². The van der Waals surface area contributed by atoms with Crippen LogP contribution < -0.4 is 9.47 Å². The number of likely N-dealkylation sites (tertiary alicyclic amines) is 1. The molecular weight excluding hydrogens is 529 g/mol. The van der Waals surface area contributed by atoms with Crippen molar-refractivity contribution < 1.29 is 19.0 Å². The molecule has 1 heterocycles. The van der Waals surface area contributed by atoms with E-state index >= 15 is 0 Å². The Balaban J connectivity index is 0.000000236. The molecule has 1 atom stereocenters. The Hall–Kier alpha value is -1.96. The second-order valence-electron chi connectivity index (χ2n) is 9.11. The van der Waals surface area contributed by atoms with Crippen molar-refractivity contribution in [3.63, 3.8) is 0 Å². The molecule has 2 aliphatic rings. The van der Waals surface area contributed by atoms with E-state index in [1.165, 1.54) is 25.7 Å². The van der Waals surface area contributed by atoms with Crippen LogP contribution in [-0.4, -0.2) is 46.8 Å². The fraction of sp³-hybridized carbons (Fsp3) is 0.519. The van der Waals surface area contributed by atoms with Crippen LogP contribution in [0, 0.1) is 0 Å². The molecule has 1 aliphatic carbocycles. The number of benzene rings is 2. The van der Waals surface area contributed by atoms with Gasteiger partial charge in [-0.1, -0.05) is 59.0 Å².